The summed E-state index contributed by atoms with van der Waals surface area (Å²) >= 11 is 0. The van der Waals surface area contributed by atoms with Crippen molar-refractivity contribution in [2.75, 3.05) is 0 Å². The highest BCUT2D eigenvalue weighted by Gasteiger charge is 2.44. The molecule has 3 rings (SSSR count). The molecule has 0 aliphatic heterocycles. The lowest BCUT2D eigenvalue weighted by molar-refractivity contribution is -0.144. The van der Waals surface area contributed by atoms with E-state index in [0.29, 0.717) is 12.0 Å². The van der Waals surface area contributed by atoms with E-state index in [1.165, 1.54) is 6.20 Å². The van der Waals surface area contributed by atoms with Crippen LogP contribution in [0.3, 0.4) is 0 Å². The Morgan fingerprint density at radius 3 is 2.43 bits per heavy atom. The van der Waals surface area contributed by atoms with Gasteiger partial charge in [0.15, 0.2) is 0 Å². The second-order valence-electron chi connectivity index (χ2n) is 5.04. The molecule has 0 spiro atoms. The minimum atomic E-state index is -4.50. The molecule has 1 aromatic carbocycles. The van der Waals surface area contributed by atoms with Crippen LogP contribution in [0.4, 0.5) is 13.2 Å². The fourth-order valence-electron chi connectivity index (χ4n) is 2.35. The molecule has 2 N–H and O–H groups in total. The maximum Gasteiger partial charge on any atom is 0.449 e. The van der Waals surface area contributed by atoms with E-state index in [-0.39, 0.29) is 17.5 Å². The number of carboxylic acids is 1. The molecule has 2 atom stereocenters. The zero-order chi connectivity index (χ0) is 15.2. The van der Waals surface area contributed by atoms with Gasteiger partial charge in [-0.05, 0) is 17.9 Å². The first-order chi connectivity index (χ1) is 9.86. The number of imidazole rings is 1. The first-order valence-electron chi connectivity index (χ1n) is 6.32. The molecular weight excluding hydrogens is 285 g/mol. The van der Waals surface area contributed by atoms with Crippen LogP contribution in [0.5, 0.6) is 0 Å². The van der Waals surface area contributed by atoms with Gasteiger partial charge in [-0.2, -0.15) is 13.2 Å². The number of nitrogens with one attached hydrogen (secondary N) is 1. The van der Waals surface area contributed by atoms with E-state index in [1.807, 2.05) is 0 Å². The standard InChI is InChI=1S/C14H11F3N2O2/c15-14(16,17)13-18-6-11(19-13)8-3-1-7(2-4-8)9-5-10(9)12(20)21/h1-4,6,9-10H,5H2,(H,18,19)(H,20,21). The molecule has 7 heteroatoms. The molecule has 0 saturated heterocycles. The summed E-state index contributed by atoms with van der Waals surface area (Å²) in [6.07, 6.45) is -2.69. The van der Waals surface area contributed by atoms with Crippen molar-refractivity contribution in [3.63, 3.8) is 0 Å². The second kappa shape index (κ2) is 4.61. The van der Waals surface area contributed by atoms with Crippen molar-refractivity contribution in [3.05, 3.63) is 41.9 Å². The van der Waals surface area contributed by atoms with Gasteiger partial charge in [0, 0.05) is 11.8 Å². The molecule has 21 heavy (non-hydrogen) atoms. The summed E-state index contributed by atoms with van der Waals surface area (Å²) in [7, 11) is 0. The second-order valence-corrected chi connectivity index (χ2v) is 5.04. The predicted molar refractivity (Wildman–Crippen MR) is 67.5 cm³/mol. The number of H-pyrrole nitrogens is 1. The number of aliphatic carboxylic acids is 1. The number of hydrogen-bond acceptors (Lipinski definition) is 2. The zero-order valence-corrected chi connectivity index (χ0v) is 10.7. The lowest BCUT2D eigenvalue weighted by Crippen LogP contribution is -2.07. The lowest BCUT2D eigenvalue weighted by Gasteiger charge is -2.02. The Morgan fingerprint density at radius 2 is 1.95 bits per heavy atom. The number of halogens is 3. The number of carbonyl (C=O) groups is 1. The van der Waals surface area contributed by atoms with Gasteiger partial charge < -0.3 is 10.1 Å². The molecular formula is C14H11F3N2O2. The summed E-state index contributed by atoms with van der Waals surface area (Å²) in [4.78, 5) is 16.4. The number of carboxylic acid groups (broad SMARTS) is 1. The van der Waals surface area contributed by atoms with Crippen molar-refractivity contribution in [1.29, 1.82) is 0 Å². The van der Waals surface area contributed by atoms with Crippen LogP contribution in [0.1, 0.15) is 23.7 Å². The van der Waals surface area contributed by atoms with Crippen LogP contribution >= 0.6 is 0 Å². The van der Waals surface area contributed by atoms with E-state index in [4.69, 9.17) is 5.11 Å². The number of aromatic nitrogens is 2. The highest BCUT2D eigenvalue weighted by molar-refractivity contribution is 5.75. The van der Waals surface area contributed by atoms with Crippen molar-refractivity contribution in [2.45, 2.75) is 18.5 Å². The molecule has 0 amide bonds. The minimum absolute atomic E-state index is 0.00136. The molecule has 110 valence electrons. The van der Waals surface area contributed by atoms with Crippen molar-refractivity contribution < 1.29 is 23.1 Å². The Balaban J connectivity index is 1.79. The molecule has 1 saturated carbocycles. The van der Waals surface area contributed by atoms with E-state index in [9.17, 15) is 18.0 Å². The molecule has 0 radical (unpaired) electrons. The van der Waals surface area contributed by atoms with Crippen LogP contribution in [0.25, 0.3) is 11.3 Å². The number of nitrogens with zero attached hydrogens (tertiary/aromatic N) is 1. The number of hydrogen-bond donors (Lipinski definition) is 2. The molecule has 1 aromatic heterocycles. The van der Waals surface area contributed by atoms with Gasteiger partial charge in [0.25, 0.3) is 0 Å². The Labute approximate surface area is 117 Å². The van der Waals surface area contributed by atoms with Gasteiger partial charge in [0.2, 0.25) is 5.82 Å². The van der Waals surface area contributed by atoms with Crippen molar-refractivity contribution in [3.8, 4) is 11.3 Å². The number of rotatable bonds is 3. The summed E-state index contributed by atoms with van der Waals surface area (Å²) in [6.45, 7) is 0. The Bertz CT molecular complexity index is 676. The van der Waals surface area contributed by atoms with Gasteiger partial charge in [0.1, 0.15) is 0 Å². The van der Waals surface area contributed by atoms with Gasteiger partial charge in [-0.1, -0.05) is 24.3 Å². The van der Waals surface area contributed by atoms with Gasteiger partial charge in [0.05, 0.1) is 11.6 Å². The maximum atomic E-state index is 12.5. The molecule has 1 aliphatic carbocycles. The highest BCUT2D eigenvalue weighted by Crippen LogP contribution is 2.47. The first kappa shape index (κ1) is 13.7. The van der Waals surface area contributed by atoms with E-state index in [0.717, 1.165) is 5.56 Å². The largest absolute Gasteiger partial charge is 0.481 e. The summed E-state index contributed by atoms with van der Waals surface area (Å²) < 4.78 is 37.4. The van der Waals surface area contributed by atoms with Crippen LogP contribution in [0, 0.1) is 5.92 Å². The Morgan fingerprint density at radius 1 is 1.29 bits per heavy atom. The summed E-state index contributed by atoms with van der Waals surface area (Å²) in [5, 5.41) is 8.88. The summed E-state index contributed by atoms with van der Waals surface area (Å²) in [6, 6.07) is 6.79. The fraction of sp³-hybridized carbons (Fsp3) is 0.286. The third-order valence-corrected chi connectivity index (χ3v) is 3.59. The quantitative estimate of drug-likeness (QED) is 0.913. The highest BCUT2D eigenvalue weighted by atomic mass is 19.4. The molecule has 2 aromatic rings. The first-order valence-corrected chi connectivity index (χ1v) is 6.32. The van der Waals surface area contributed by atoms with Crippen LogP contribution in [-0.4, -0.2) is 21.0 Å². The average Bonchev–Trinajstić information content (AvgIpc) is 3.06. The molecule has 1 heterocycles. The topological polar surface area (TPSA) is 66.0 Å². The molecule has 2 unspecified atom stereocenters. The maximum absolute atomic E-state index is 12.5. The third-order valence-electron chi connectivity index (χ3n) is 3.59. The predicted octanol–water partition coefficient (Wildman–Crippen LogP) is 3.28. The van der Waals surface area contributed by atoms with E-state index >= 15 is 0 Å². The number of aromatic amines is 1. The van der Waals surface area contributed by atoms with E-state index < -0.39 is 18.0 Å². The van der Waals surface area contributed by atoms with Crippen LogP contribution in [-0.2, 0) is 11.0 Å². The van der Waals surface area contributed by atoms with Crippen molar-refractivity contribution in [1.82, 2.24) is 9.97 Å². The number of benzene rings is 1. The molecule has 0 bridgehead atoms. The Kier molecular flexibility index (Phi) is 3.00. The minimum Gasteiger partial charge on any atom is -0.481 e. The zero-order valence-electron chi connectivity index (χ0n) is 10.7. The monoisotopic (exact) mass is 296 g/mol. The van der Waals surface area contributed by atoms with Gasteiger partial charge in [-0.25, -0.2) is 4.98 Å². The average molecular weight is 296 g/mol. The van der Waals surface area contributed by atoms with Crippen LogP contribution in [0.15, 0.2) is 30.5 Å². The Hall–Kier alpha value is -2.31. The molecule has 1 aliphatic rings. The lowest BCUT2D eigenvalue weighted by atomic mass is 10.1. The van der Waals surface area contributed by atoms with Crippen molar-refractivity contribution in [2.24, 2.45) is 5.92 Å². The van der Waals surface area contributed by atoms with Gasteiger partial charge in [-0.3, -0.25) is 4.79 Å². The van der Waals surface area contributed by atoms with E-state index in [1.54, 1.807) is 24.3 Å². The van der Waals surface area contributed by atoms with Crippen LogP contribution < -0.4 is 0 Å². The van der Waals surface area contributed by atoms with Crippen LogP contribution in [0.2, 0.25) is 0 Å². The van der Waals surface area contributed by atoms with Crippen molar-refractivity contribution >= 4 is 5.97 Å². The van der Waals surface area contributed by atoms with E-state index in [2.05, 4.69) is 9.97 Å². The fourth-order valence-corrected chi connectivity index (χ4v) is 2.35. The summed E-state index contributed by atoms with van der Waals surface area (Å²) in [5.41, 5.74) is 1.65. The smallest absolute Gasteiger partial charge is 0.449 e. The normalized spacial score (nSPS) is 21.3. The summed E-state index contributed by atoms with van der Waals surface area (Å²) in [5.74, 6) is -2.19. The third kappa shape index (κ3) is 2.63. The molecule has 4 nitrogen and oxygen atoms in total. The van der Waals surface area contributed by atoms with Gasteiger partial charge in [-0.15, -0.1) is 0 Å². The SMILES string of the molecule is O=C(O)C1CC1c1ccc(-c2c[nH]c(C(F)(F)F)n2)cc1. The van der Waals surface area contributed by atoms with Gasteiger partial charge >= 0.3 is 12.1 Å². The number of alkyl halides is 3. The molecule has 1 fully saturated rings.